The standard InChI is InChI=1S/C33H62N4O4/c1-4-5-6-7-8-9-10-11-12-13-14-15-16-17-18-19-26-37(28-38)31-23-20-22-29(32(34)39)30(31)27-41-33(40)35-24-21-25-36(2)3/h20,22,28-31H,4-19,21,23-27H2,1-3H3,(H2,34,39)(H,35,40). The lowest BCUT2D eigenvalue weighted by Crippen LogP contribution is -2.49. The van der Waals surface area contributed by atoms with Crippen LogP contribution in [0.25, 0.3) is 0 Å². The Kier molecular flexibility index (Phi) is 22.1. The Morgan fingerprint density at radius 2 is 1.39 bits per heavy atom. The summed E-state index contributed by atoms with van der Waals surface area (Å²) in [5, 5.41) is 2.76. The summed E-state index contributed by atoms with van der Waals surface area (Å²) in [7, 11) is 3.97. The number of nitrogens with one attached hydrogen (secondary N) is 1. The highest BCUT2D eigenvalue weighted by Gasteiger charge is 2.37. The van der Waals surface area contributed by atoms with Crippen molar-refractivity contribution >= 4 is 18.4 Å². The Morgan fingerprint density at radius 1 is 0.854 bits per heavy atom. The van der Waals surface area contributed by atoms with Gasteiger partial charge in [0.1, 0.15) is 0 Å². The van der Waals surface area contributed by atoms with Crippen molar-refractivity contribution in [3.63, 3.8) is 0 Å². The molecule has 0 saturated heterocycles. The first-order valence-corrected chi connectivity index (χ1v) is 16.6. The van der Waals surface area contributed by atoms with Crippen molar-refractivity contribution in [2.45, 2.75) is 129 Å². The summed E-state index contributed by atoms with van der Waals surface area (Å²) in [6.45, 7) is 4.34. The molecule has 0 radical (unpaired) electrons. The third-order valence-electron chi connectivity index (χ3n) is 8.29. The van der Waals surface area contributed by atoms with Gasteiger partial charge in [-0.1, -0.05) is 115 Å². The van der Waals surface area contributed by atoms with Gasteiger partial charge in [0, 0.05) is 25.0 Å². The number of amides is 3. The van der Waals surface area contributed by atoms with E-state index in [0.717, 1.165) is 32.2 Å². The van der Waals surface area contributed by atoms with E-state index in [4.69, 9.17) is 10.5 Å². The summed E-state index contributed by atoms with van der Waals surface area (Å²) < 4.78 is 5.48. The summed E-state index contributed by atoms with van der Waals surface area (Å²) in [4.78, 5) is 40.3. The zero-order valence-corrected chi connectivity index (χ0v) is 26.6. The summed E-state index contributed by atoms with van der Waals surface area (Å²) in [5.74, 6) is -1.38. The van der Waals surface area contributed by atoms with E-state index in [1.54, 1.807) is 11.0 Å². The van der Waals surface area contributed by atoms with E-state index in [1.807, 2.05) is 20.2 Å². The lowest BCUT2D eigenvalue weighted by molar-refractivity contribution is -0.128. The monoisotopic (exact) mass is 578 g/mol. The van der Waals surface area contributed by atoms with E-state index in [2.05, 4.69) is 17.1 Å². The quantitative estimate of drug-likeness (QED) is 0.0699. The van der Waals surface area contributed by atoms with E-state index < -0.39 is 17.9 Å². The normalized spacial score (nSPS) is 18.4. The number of unbranched alkanes of at least 4 members (excludes halogenated alkanes) is 15. The van der Waals surface area contributed by atoms with Crippen LogP contribution in [-0.2, 0) is 14.3 Å². The maximum absolute atomic E-state index is 12.2. The SMILES string of the molecule is CCCCCCCCCCCCCCCCCCN(C=O)C1CC=CC(C(N)=O)C1COC(=O)NCCCN(C)C. The molecule has 8 nitrogen and oxygen atoms in total. The van der Waals surface area contributed by atoms with Crippen molar-refractivity contribution in [2.24, 2.45) is 17.6 Å². The molecule has 8 heteroatoms. The number of rotatable bonds is 26. The van der Waals surface area contributed by atoms with Crippen molar-refractivity contribution in [1.29, 1.82) is 0 Å². The van der Waals surface area contributed by atoms with Crippen molar-refractivity contribution < 1.29 is 19.1 Å². The number of carbonyl (C=O) groups is 3. The molecule has 0 aliphatic heterocycles. The number of ether oxygens (including phenoxy) is 1. The van der Waals surface area contributed by atoms with Gasteiger partial charge in [0.2, 0.25) is 12.3 Å². The zero-order valence-electron chi connectivity index (χ0n) is 26.6. The Morgan fingerprint density at radius 3 is 1.88 bits per heavy atom. The molecule has 1 aliphatic rings. The van der Waals surface area contributed by atoms with Crippen LogP contribution in [0, 0.1) is 11.8 Å². The second-order valence-electron chi connectivity index (χ2n) is 12.2. The molecule has 0 spiro atoms. The molecular weight excluding hydrogens is 516 g/mol. The molecule has 0 aromatic rings. The number of alkyl carbamates (subject to hydrolysis) is 1. The molecule has 0 heterocycles. The molecule has 3 unspecified atom stereocenters. The number of primary amides is 1. The van der Waals surface area contributed by atoms with Crippen molar-refractivity contribution in [1.82, 2.24) is 15.1 Å². The fourth-order valence-corrected chi connectivity index (χ4v) is 5.77. The first-order valence-electron chi connectivity index (χ1n) is 16.6. The van der Waals surface area contributed by atoms with Gasteiger partial charge >= 0.3 is 6.09 Å². The maximum atomic E-state index is 12.2. The number of nitrogens with zero attached hydrogens (tertiary/aromatic N) is 2. The molecule has 3 N–H and O–H groups in total. The molecule has 1 aliphatic carbocycles. The Bertz CT molecular complexity index is 715. The lowest BCUT2D eigenvalue weighted by atomic mass is 9.79. The Labute approximate surface area is 251 Å². The van der Waals surface area contributed by atoms with E-state index in [1.165, 1.54) is 89.9 Å². The van der Waals surface area contributed by atoms with Crippen LogP contribution >= 0.6 is 0 Å². The van der Waals surface area contributed by atoms with Crippen LogP contribution in [0.5, 0.6) is 0 Å². The number of hydrogen-bond acceptors (Lipinski definition) is 5. The number of carbonyl (C=O) groups excluding carboxylic acids is 3. The topological polar surface area (TPSA) is 105 Å². The molecule has 3 amide bonds. The summed E-state index contributed by atoms with van der Waals surface area (Å²) in [6, 6.07) is -0.215. The second-order valence-corrected chi connectivity index (χ2v) is 12.2. The average Bonchev–Trinajstić information content (AvgIpc) is 2.95. The second kappa shape index (κ2) is 24.5. The van der Waals surface area contributed by atoms with E-state index in [-0.39, 0.29) is 18.6 Å². The minimum absolute atomic E-state index is 0.0470. The van der Waals surface area contributed by atoms with E-state index in [0.29, 0.717) is 19.5 Å². The number of hydrogen-bond donors (Lipinski definition) is 2. The third kappa shape index (κ3) is 18.1. The van der Waals surface area contributed by atoms with Crippen LogP contribution in [0.4, 0.5) is 4.79 Å². The van der Waals surface area contributed by atoms with Gasteiger partial charge in [-0.05, 0) is 39.9 Å². The molecule has 0 aromatic carbocycles. The summed E-state index contributed by atoms with van der Waals surface area (Å²) in [5.41, 5.74) is 5.68. The zero-order chi connectivity index (χ0) is 30.1. The molecule has 3 atom stereocenters. The first kappa shape index (κ1) is 36.9. The minimum atomic E-state index is -0.566. The fraction of sp³-hybridized carbons (Fsp3) is 0.848. The van der Waals surface area contributed by atoms with Gasteiger partial charge in [-0.15, -0.1) is 0 Å². The highest BCUT2D eigenvalue weighted by atomic mass is 16.5. The number of nitrogens with two attached hydrogens (primary N) is 1. The van der Waals surface area contributed by atoms with Gasteiger partial charge in [-0.25, -0.2) is 4.79 Å². The molecule has 0 aromatic heterocycles. The van der Waals surface area contributed by atoms with Gasteiger partial charge in [-0.3, -0.25) is 9.59 Å². The summed E-state index contributed by atoms with van der Waals surface area (Å²) >= 11 is 0. The van der Waals surface area contributed by atoms with Crippen LogP contribution in [0.2, 0.25) is 0 Å². The predicted octanol–water partition coefficient (Wildman–Crippen LogP) is 6.43. The van der Waals surface area contributed by atoms with Gasteiger partial charge in [0.15, 0.2) is 0 Å². The maximum Gasteiger partial charge on any atom is 0.407 e. The van der Waals surface area contributed by atoms with E-state index >= 15 is 0 Å². The van der Waals surface area contributed by atoms with Gasteiger partial charge in [0.25, 0.3) is 0 Å². The molecule has 0 bridgehead atoms. The van der Waals surface area contributed by atoms with Crippen LogP contribution < -0.4 is 11.1 Å². The first-order chi connectivity index (χ1) is 19.9. The van der Waals surface area contributed by atoms with Gasteiger partial charge < -0.3 is 25.6 Å². The Hall–Kier alpha value is -2.09. The lowest BCUT2D eigenvalue weighted by Gasteiger charge is -2.38. The Balaban J connectivity index is 2.27. The third-order valence-corrected chi connectivity index (χ3v) is 8.29. The fourth-order valence-electron chi connectivity index (χ4n) is 5.77. The van der Waals surface area contributed by atoms with Gasteiger partial charge in [-0.2, -0.15) is 0 Å². The van der Waals surface area contributed by atoms with Crippen LogP contribution in [-0.4, -0.2) is 74.6 Å². The average molecular weight is 579 g/mol. The van der Waals surface area contributed by atoms with E-state index in [9.17, 15) is 14.4 Å². The van der Waals surface area contributed by atoms with Crippen molar-refractivity contribution in [3.05, 3.63) is 12.2 Å². The van der Waals surface area contributed by atoms with Crippen molar-refractivity contribution in [3.8, 4) is 0 Å². The molecular formula is C33H62N4O4. The van der Waals surface area contributed by atoms with Crippen LogP contribution in [0.3, 0.4) is 0 Å². The molecule has 1 rings (SSSR count). The highest BCUT2D eigenvalue weighted by Crippen LogP contribution is 2.29. The van der Waals surface area contributed by atoms with Gasteiger partial charge in [0.05, 0.1) is 12.5 Å². The van der Waals surface area contributed by atoms with Crippen LogP contribution in [0.1, 0.15) is 122 Å². The highest BCUT2D eigenvalue weighted by molar-refractivity contribution is 5.79. The van der Waals surface area contributed by atoms with Crippen LogP contribution in [0.15, 0.2) is 12.2 Å². The minimum Gasteiger partial charge on any atom is -0.449 e. The molecule has 0 fully saturated rings. The molecule has 41 heavy (non-hydrogen) atoms. The summed E-state index contributed by atoms with van der Waals surface area (Å²) in [6.07, 6.45) is 26.4. The largest absolute Gasteiger partial charge is 0.449 e. The molecule has 238 valence electrons. The van der Waals surface area contributed by atoms with Crippen molar-refractivity contribution in [2.75, 3.05) is 40.3 Å². The molecule has 0 saturated carbocycles. The predicted molar refractivity (Wildman–Crippen MR) is 169 cm³/mol. The smallest absolute Gasteiger partial charge is 0.407 e.